The average molecular weight is 391 g/mol. The van der Waals surface area contributed by atoms with Crippen LogP contribution in [0.25, 0.3) is 45.6 Å². The quantitative estimate of drug-likeness (QED) is 0.343. The molecule has 0 aliphatic carbocycles. The predicted molar refractivity (Wildman–Crippen MR) is 121 cm³/mol. The zero-order valence-electron chi connectivity index (χ0n) is 16.9. The lowest BCUT2D eigenvalue weighted by Crippen LogP contribution is -1.97. The maximum atomic E-state index is 5.90. The van der Waals surface area contributed by atoms with E-state index < -0.39 is 0 Å². The second-order valence-corrected chi connectivity index (χ2v) is 7.19. The van der Waals surface area contributed by atoms with Gasteiger partial charge in [-0.2, -0.15) is 0 Å². The van der Waals surface area contributed by atoms with Crippen LogP contribution < -0.4 is 0 Å². The van der Waals surface area contributed by atoms with E-state index in [1.807, 2.05) is 49.4 Å². The van der Waals surface area contributed by atoms with Crippen LogP contribution in [0.2, 0.25) is 0 Å². The topological polar surface area (TPSA) is 43.9 Å². The van der Waals surface area contributed by atoms with Crippen molar-refractivity contribution >= 4 is 17.0 Å². The van der Waals surface area contributed by atoms with E-state index in [1.54, 1.807) is 0 Å². The molecule has 30 heavy (non-hydrogen) atoms. The first kappa shape index (κ1) is 18.1. The summed E-state index contributed by atoms with van der Waals surface area (Å²) >= 11 is 0. The normalized spacial score (nSPS) is 11.5. The molecule has 4 nitrogen and oxygen atoms in total. The van der Waals surface area contributed by atoms with Gasteiger partial charge in [0, 0.05) is 27.9 Å². The Balaban J connectivity index is 1.55. The smallest absolute Gasteiger partial charge is 0.248 e. The Morgan fingerprint density at radius 2 is 1.40 bits per heavy atom. The van der Waals surface area contributed by atoms with Crippen molar-refractivity contribution in [3.63, 3.8) is 0 Å². The summed E-state index contributed by atoms with van der Waals surface area (Å²) in [6.07, 6.45) is 4.24. The Hall–Kier alpha value is -3.92. The lowest BCUT2D eigenvalue weighted by molar-refractivity contribution is 0.584. The van der Waals surface area contributed by atoms with E-state index in [1.165, 1.54) is 22.2 Å². The van der Waals surface area contributed by atoms with Gasteiger partial charge in [0.25, 0.3) is 0 Å². The molecule has 2 heterocycles. The molecule has 5 aromatic rings. The van der Waals surface area contributed by atoms with Gasteiger partial charge in [-0.1, -0.05) is 42.5 Å². The van der Waals surface area contributed by atoms with E-state index in [2.05, 4.69) is 70.2 Å². The highest BCUT2D eigenvalue weighted by atomic mass is 16.4. The number of fused-ring (bicyclic) bond motifs is 1. The standard InChI is InChI=1S/C26H21N3O/c1-3-9-23-18(2)22-12-7-8-13-24(22)29(23)21-16-14-20(15-17-21)26-28-27-25(30-26)19-10-5-4-6-11-19/h3-17H,1-2H3/b9-3-. The monoisotopic (exact) mass is 391 g/mol. The molecule has 0 spiro atoms. The third kappa shape index (κ3) is 3.03. The van der Waals surface area contributed by atoms with E-state index in [0.29, 0.717) is 11.8 Å². The van der Waals surface area contributed by atoms with Crippen molar-refractivity contribution in [3.8, 4) is 28.6 Å². The van der Waals surface area contributed by atoms with Crippen LogP contribution in [0.4, 0.5) is 0 Å². The summed E-state index contributed by atoms with van der Waals surface area (Å²) in [6.45, 7) is 4.22. The van der Waals surface area contributed by atoms with E-state index in [9.17, 15) is 0 Å². The number of hydrogen-bond acceptors (Lipinski definition) is 3. The number of aromatic nitrogens is 3. The number of benzene rings is 3. The van der Waals surface area contributed by atoms with Gasteiger partial charge in [-0.3, -0.25) is 0 Å². The Morgan fingerprint density at radius 1 is 0.767 bits per heavy atom. The van der Waals surface area contributed by atoms with Gasteiger partial charge in [0.15, 0.2) is 0 Å². The van der Waals surface area contributed by atoms with Gasteiger partial charge in [-0.15, -0.1) is 10.2 Å². The summed E-state index contributed by atoms with van der Waals surface area (Å²) in [6, 6.07) is 26.6. The number of aryl methyl sites for hydroxylation is 1. The van der Waals surface area contributed by atoms with Crippen molar-refractivity contribution in [2.75, 3.05) is 0 Å². The first-order valence-electron chi connectivity index (χ1n) is 9.99. The first-order valence-corrected chi connectivity index (χ1v) is 9.99. The predicted octanol–water partition coefficient (Wildman–Crippen LogP) is 6.69. The van der Waals surface area contributed by atoms with Crippen LogP contribution in [0, 0.1) is 6.92 Å². The minimum Gasteiger partial charge on any atom is -0.416 e. The summed E-state index contributed by atoms with van der Waals surface area (Å²) in [4.78, 5) is 0. The molecule has 5 rings (SSSR count). The van der Waals surface area contributed by atoms with Crippen molar-refractivity contribution in [1.29, 1.82) is 0 Å². The fourth-order valence-electron chi connectivity index (χ4n) is 3.85. The SMILES string of the molecule is C/C=C\c1c(C)c2ccccc2n1-c1ccc(-c2nnc(-c3ccccc3)o2)cc1. The molecule has 0 bridgehead atoms. The van der Waals surface area contributed by atoms with E-state index in [4.69, 9.17) is 4.42 Å². The number of para-hydroxylation sites is 1. The van der Waals surface area contributed by atoms with Gasteiger partial charge in [0.2, 0.25) is 11.8 Å². The Bertz CT molecular complexity index is 1340. The number of hydrogen-bond donors (Lipinski definition) is 0. The van der Waals surface area contributed by atoms with Gasteiger partial charge in [0.1, 0.15) is 0 Å². The van der Waals surface area contributed by atoms with Crippen LogP contribution >= 0.6 is 0 Å². The van der Waals surface area contributed by atoms with Gasteiger partial charge in [-0.25, -0.2) is 0 Å². The summed E-state index contributed by atoms with van der Waals surface area (Å²) < 4.78 is 8.19. The van der Waals surface area contributed by atoms with Crippen LogP contribution in [0.5, 0.6) is 0 Å². The Labute approximate surface area is 175 Å². The zero-order valence-corrected chi connectivity index (χ0v) is 16.9. The molecule has 0 aliphatic heterocycles. The van der Waals surface area contributed by atoms with E-state index in [0.717, 1.165) is 16.8 Å². The van der Waals surface area contributed by atoms with Crippen LogP contribution in [-0.4, -0.2) is 14.8 Å². The van der Waals surface area contributed by atoms with Crippen LogP contribution in [0.15, 0.2) is 89.4 Å². The van der Waals surface area contributed by atoms with Gasteiger partial charge >= 0.3 is 0 Å². The molecule has 0 radical (unpaired) electrons. The van der Waals surface area contributed by atoms with Crippen molar-refractivity contribution < 1.29 is 4.42 Å². The fraction of sp³-hybridized carbons (Fsp3) is 0.0769. The molecule has 0 amide bonds. The molecule has 0 fully saturated rings. The molecule has 0 saturated heterocycles. The molecule has 0 unspecified atom stereocenters. The minimum absolute atomic E-state index is 0.516. The molecule has 0 atom stereocenters. The Morgan fingerprint density at radius 3 is 2.10 bits per heavy atom. The molecule has 3 aromatic carbocycles. The van der Waals surface area contributed by atoms with E-state index in [-0.39, 0.29) is 0 Å². The zero-order chi connectivity index (χ0) is 20.5. The van der Waals surface area contributed by atoms with Gasteiger partial charge in [-0.05, 0) is 68.0 Å². The molecular formula is C26H21N3O. The lowest BCUT2D eigenvalue weighted by atomic mass is 10.1. The number of allylic oxidation sites excluding steroid dienone is 1. The first-order chi connectivity index (χ1) is 14.8. The minimum atomic E-state index is 0.516. The largest absolute Gasteiger partial charge is 0.416 e. The van der Waals surface area contributed by atoms with Crippen molar-refractivity contribution in [2.24, 2.45) is 0 Å². The average Bonchev–Trinajstić information content (AvgIpc) is 3.39. The molecule has 0 aliphatic rings. The second-order valence-electron chi connectivity index (χ2n) is 7.19. The highest BCUT2D eigenvalue weighted by Gasteiger charge is 2.14. The third-order valence-corrected chi connectivity index (χ3v) is 5.32. The summed E-state index contributed by atoms with van der Waals surface area (Å²) in [5.41, 5.74) is 6.57. The molecule has 146 valence electrons. The van der Waals surface area contributed by atoms with Crippen molar-refractivity contribution in [1.82, 2.24) is 14.8 Å². The third-order valence-electron chi connectivity index (χ3n) is 5.32. The molecular weight excluding hydrogens is 370 g/mol. The maximum Gasteiger partial charge on any atom is 0.248 e. The summed E-state index contributed by atoms with van der Waals surface area (Å²) in [5.74, 6) is 1.04. The van der Waals surface area contributed by atoms with Crippen LogP contribution in [-0.2, 0) is 0 Å². The molecule has 0 N–H and O–H groups in total. The molecule has 4 heteroatoms. The highest BCUT2D eigenvalue weighted by molar-refractivity contribution is 5.89. The number of rotatable bonds is 4. The molecule has 2 aromatic heterocycles. The molecule has 0 saturated carbocycles. The van der Waals surface area contributed by atoms with Gasteiger partial charge in [0.05, 0.1) is 5.52 Å². The van der Waals surface area contributed by atoms with E-state index >= 15 is 0 Å². The highest BCUT2D eigenvalue weighted by Crippen LogP contribution is 2.31. The maximum absolute atomic E-state index is 5.90. The fourth-order valence-corrected chi connectivity index (χ4v) is 3.85. The lowest BCUT2D eigenvalue weighted by Gasteiger charge is -2.09. The summed E-state index contributed by atoms with van der Waals surface area (Å²) in [5, 5.41) is 9.69. The second kappa shape index (κ2) is 7.48. The Kier molecular flexibility index (Phi) is 4.52. The van der Waals surface area contributed by atoms with Crippen molar-refractivity contribution in [2.45, 2.75) is 13.8 Å². The van der Waals surface area contributed by atoms with Crippen LogP contribution in [0.3, 0.4) is 0 Å². The van der Waals surface area contributed by atoms with Gasteiger partial charge < -0.3 is 8.98 Å². The number of nitrogens with zero attached hydrogens (tertiary/aromatic N) is 3. The van der Waals surface area contributed by atoms with Crippen molar-refractivity contribution in [3.05, 3.63) is 96.2 Å². The summed E-state index contributed by atoms with van der Waals surface area (Å²) in [7, 11) is 0. The van der Waals surface area contributed by atoms with Crippen LogP contribution in [0.1, 0.15) is 18.2 Å².